The van der Waals surface area contributed by atoms with E-state index >= 15 is 0 Å². The molecule has 15 heavy (non-hydrogen) atoms. The SMILES string of the molecule is CCCC[C@H](NC(=O)CN(C)C)C(=O)O. The second-order valence-corrected chi connectivity index (χ2v) is 3.84. The number of carbonyl (C=O) groups excluding carboxylic acids is 1. The third-order valence-electron chi connectivity index (χ3n) is 1.94. The molecule has 0 unspecified atom stereocenters. The third-order valence-corrected chi connectivity index (χ3v) is 1.94. The van der Waals surface area contributed by atoms with Crippen LogP contribution in [0.3, 0.4) is 0 Å². The highest BCUT2D eigenvalue weighted by Crippen LogP contribution is 2.00. The van der Waals surface area contributed by atoms with E-state index < -0.39 is 12.0 Å². The molecule has 88 valence electrons. The summed E-state index contributed by atoms with van der Waals surface area (Å²) in [7, 11) is 3.53. The number of carboxylic acids is 1. The minimum Gasteiger partial charge on any atom is -0.480 e. The summed E-state index contributed by atoms with van der Waals surface area (Å²) in [6.07, 6.45) is 2.22. The monoisotopic (exact) mass is 216 g/mol. The Kier molecular flexibility index (Phi) is 6.70. The van der Waals surface area contributed by atoms with E-state index in [0.717, 1.165) is 12.8 Å². The summed E-state index contributed by atoms with van der Waals surface area (Å²) in [5, 5.41) is 11.4. The van der Waals surface area contributed by atoms with Gasteiger partial charge >= 0.3 is 5.97 Å². The van der Waals surface area contributed by atoms with E-state index in [1.807, 2.05) is 6.92 Å². The quantitative estimate of drug-likeness (QED) is 0.642. The zero-order valence-electron chi connectivity index (χ0n) is 9.62. The van der Waals surface area contributed by atoms with Crippen molar-refractivity contribution in [2.75, 3.05) is 20.6 Å². The summed E-state index contributed by atoms with van der Waals surface area (Å²) in [6.45, 7) is 2.20. The highest BCUT2D eigenvalue weighted by molar-refractivity contribution is 5.84. The number of amides is 1. The molecule has 0 saturated carbocycles. The lowest BCUT2D eigenvalue weighted by atomic mass is 10.1. The van der Waals surface area contributed by atoms with Gasteiger partial charge in [-0.15, -0.1) is 0 Å². The molecule has 0 aromatic rings. The van der Waals surface area contributed by atoms with Crippen LogP contribution < -0.4 is 5.32 Å². The second-order valence-electron chi connectivity index (χ2n) is 3.84. The molecule has 0 aliphatic heterocycles. The first-order valence-electron chi connectivity index (χ1n) is 5.14. The summed E-state index contributed by atoms with van der Waals surface area (Å²) in [5.41, 5.74) is 0. The average molecular weight is 216 g/mol. The molecule has 0 aliphatic carbocycles. The maximum atomic E-state index is 11.3. The van der Waals surface area contributed by atoms with Crippen molar-refractivity contribution in [2.45, 2.75) is 32.2 Å². The van der Waals surface area contributed by atoms with Crippen LogP contribution in [-0.2, 0) is 9.59 Å². The van der Waals surface area contributed by atoms with Crippen molar-refractivity contribution in [1.29, 1.82) is 0 Å². The van der Waals surface area contributed by atoms with Crippen LogP contribution in [-0.4, -0.2) is 48.6 Å². The fraction of sp³-hybridized carbons (Fsp3) is 0.800. The van der Waals surface area contributed by atoms with Gasteiger partial charge in [0.2, 0.25) is 5.91 Å². The minimum atomic E-state index is -0.962. The summed E-state index contributed by atoms with van der Waals surface area (Å²) in [5.74, 6) is -1.21. The number of nitrogens with one attached hydrogen (secondary N) is 1. The normalized spacial score (nSPS) is 12.5. The van der Waals surface area contributed by atoms with Gasteiger partial charge in [-0.25, -0.2) is 4.79 Å². The van der Waals surface area contributed by atoms with E-state index in [2.05, 4.69) is 5.32 Å². The highest BCUT2D eigenvalue weighted by Gasteiger charge is 2.18. The lowest BCUT2D eigenvalue weighted by Crippen LogP contribution is -2.44. The number of unbranched alkanes of at least 4 members (excludes halogenated alkanes) is 1. The minimum absolute atomic E-state index is 0.218. The Morgan fingerprint density at radius 2 is 2.00 bits per heavy atom. The number of hydrogen-bond acceptors (Lipinski definition) is 3. The van der Waals surface area contributed by atoms with Gasteiger partial charge in [0, 0.05) is 0 Å². The summed E-state index contributed by atoms with van der Waals surface area (Å²) < 4.78 is 0. The highest BCUT2D eigenvalue weighted by atomic mass is 16.4. The zero-order chi connectivity index (χ0) is 11.8. The van der Waals surface area contributed by atoms with Gasteiger partial charge in [0.25, 0.3) is 0 Å². The second kappa shape index (κ2) is 7.23. The van der Waals surface area contributed by atoms with E-state index in [1.165, 1.54) is 0 Å². The smallest absolute Gasteiger partial charge is 0.326 e. The third kappa shape index (κ3) is 6.90. The first kappa shape index (κ1) is 13.9. The molecular formula is C10H20N2O3. The molecule has 0 radical (unpaired) electrons. The molecule has 0 aromatic carbocycles. The van der Waals surface area contributed by atoms with Crippen LogP contribution in [0, 0.1) is 0 Å². The predicted molar refractivity (Wildman–Crippen MR) is 57.6 cm³/mol. The van der Waals surface area contributed by atoms with Crippen LogP contribution in [0.25, 0.3) is 0 Å². The van der Waals surface area contributed by atoms with Crippen molar-refractivity contribution in [3.8, 4) is 0 Å². The molecule has 0 spiro atoms. The molecule has 5 nitrogen and oxygen atoms in total. The standard InChI is InChI=1S/C10H20N2O3/c1-4-5-6-8(10(14)15)11-9(13)7-12(2)3/h8H,4-7H2,1-3H3,(H,11,13)(H,14,15)/t8-/m0/s1. The molecule has 0 saturated heterocycles. The molecular weight excluding hydrogens is 196 g/mol. The van der Waals surface area contributed by atoms with Gasteiger partial charge in [-0.3, -0.25) is 4.79 Å². The zero-order valence-corrected chi connectivity index (χ0v) is 9.62. The topological polar surface area (TPSA) is 69.6 Å². The molecule has 0 aliphatic rings. The number of nitrogens with zero attached hydrogens (tertiary/aromatic N) is 1. The van der Waals surface area contributed by atoms with Crippen molar-refractivity contribution in [2.24, 2.45) is 0 Å². The Morgan fingerprint density at radius 1 is 1.40 bits per heavy atom. The Hall–Kier alpha value is -1.10. The van der Waals surface area contributed by atoms with Gasteiger partial charge in [-0.2, -0.15) is 0 Å². The number of aliphatic carboxylic acids is 1. The molecule has 1 atom stereocenters. The van der Waals surface area contributed by atoms with Crippen molar-refractivity contribution in [1.82, 2.24) is 10.2 Å². The first-order valence-corrected chi connectivity index (χ1v) is 5.14. The van der Waals surface area contributed by atoms with Gasteiger partial charge in [-0.1, -0.05) is 19.8 Å². The lowest BCUT2D eigenvalue weighted by molar-refractivity contribution is -0.142. The van der Waals surface area contributed by atoms with Crippen LogP contribution in [0.2, 0.25) is 0 Å². The average Bonchev–Trinajstić information content (AvgIpc) is 2.10. The van der Waals surface area contributed by atoms with E-state index in [1.54, 1.807) is 19.0 Å². The van der Waals surface area contributed by atoms with Gasteiger partial charge in [0.15, 0.2) is 0 Å². The Labute approximate surface area is 90.5 Å². The molecule has 0 heterocycles. The number of rotatable bonds is 7. The van der Waals surface area contributed by atoms with Crippen molar-refractivity contribution >= 4 is 11.9 Å². The van der Waals surface area contributed by atoms with Crippen molar-refractivity contribution in [3.05, 3.63) is 0 Å². The fourth-order valence-electron chi connectivity index (χ4n) is 1.19. The summed E-state index contributed by atoms with van der Waals surface area (Å²) in [4.78, 5) is 23.8. The number of hydrogen-bond donors (Lipinski definition) is 2. The first-order chi connectivity index (χ1) is 6.97. The lowest BCUT2D eigenvalue weighted by Gasteiger charge is -2.15. The Morgan fingerprint density at radius 3 is 2.40 bits per heavy atom. The molecule has 0 bridgehead atoms. The van der Waals surface area contributed by atoms with Gasteiger partial charge in [-0.05, 0) is 20.5 Å². The van der Waals surface area contributed by atoms with Crippen LogP contribution in [0.15, 0.2) is 0 Å². The molecule has 5 heteroatoms. The largest absolute Gasteiger partial charge is 0.480 e. The van der Waals surface area contributed by atoms with Crippen LogP contribution >= 0.6 is 0 Å². The van der Waals surface area contributed by atoms with Crippen molar-refractivity contribution in [3.63, 3.8) is 0 Å². The molecule has 0 fully saturated rings. The summed E-state index contributed by atoms with van der Waals surface area (Å²) >= 11 is 0. The molecule has 0 aromatic heterocycles. The summed E-state index contributed by atoms with van der Waals surface area (Å²) in [6, 6.07) is -0.752. The maximum Gasteiger partial charge on any atom is 0.326 e. The van der Waals surface area contributed by atoms with Crippen LogP contribution in [0.5, 0.6) is 0 Å². The number of carboxylic acid groups (broad SMARTS) is 1. The Balaban J connectivity index is 4.04. The number of carbonyl (C=O) groups is 2. The van der Waals surface area contributed by atoms with E-state index in [0.29, 0.717) is 6.42 Å². The maximum absolute atomic E-state index is 11.3. The molecule has 0 rings (SSSR count). The Bertz CT molecular complexity index is 217. The molecule has 1 amide bonds. The van der Waals surface area contributed by atoms with E-state index in [4.69, 9.17) is 5.11 Å². The fourth-order valence-corrected chi connectivity index (χ4v) is 1.19. The van der Waals surface area contributed by atoms with Gasteiger partial charge in [0.05, 0.1) is 6.54 Å². The van der Waals surface area contributed by atoms with E-state index in [-0.39, 0.29) is 12.5 Å². The molecule has 2 N–H and O–H groups in total. The van der Waals surface area contributed by atoms with Crippen LogP contribution in [0.1, 0.15) is 26.2 Å². The van der Waals surface area contributed by atoms with Gasteiger partial charge < -0.3 is 15.3 Å². The van der Waals surface area contributed by atoms with Crippen molar-refractivity contribution < 1.29 is 14.7 Å². The van der Waals surface area contributed by atoms with E-state index in [9.17, 15) is 9.59 Å². The van der Waals surface area contributed by atoms with Crippen LogP contribution in [0.4, 0.5) is 0 Å². The predicted octanol–water partition coefficient (Wildman–Crippen LogP) is 0.308. The number of likely N-dealkylation sites (N-methyl/N-ethyl adjacent to an activating group) is 1. The van der Waals surface area contributed by atoms with Gasteiger partial charge in [0.1, 0.15) is 6.04 Å².